The Kier molecular flexibility index (Phi) is 4.52. The second-order valence-corrected chi connectivity index (χ2v) is 6.52. The lowest BCUT2D eigenvalue weighted by atomic mass is 10.2. The highest BCUT2D eigenvalue weighted by atomic mass is 16.5. The summed E-state index contributed by atoms with van der Waals surface area (Å²) >= 11 is 0. The molecule has 4 rings (SSSR count). The summed E-state index contributed by atoms with van der Waals surface area (Å²) in [5.74, 6) is 1.85. The molecule has 136 valence electrons. The Bertz CT molecular complexity index is 1000. The zero-order chi connectivity index (χ0) is 18.8. The predicted octanol–water partition coefficient (Wildman–Crippen LogP) is 2.31. The summed E-state index contributed by atoms with van der Waals surface area (Å²) in [5, 5.41) is 13.7. The van der Waals surface area contributed by atoms with E-state index in [1.54, 1.807) is 29.2 Å². The van der Waals surface area contributed by atoms with Gasteiger partial charge in [0.25, 0.3) is 0 Å². The first kappa shape index (κ1) is 17.1. The van der Waals surface area contributed by atoms with Gasteiger partial charge in [0.1, 0.15) is 11.8 Å². The Labute approximate surface area is 156 Å². The third-order valence-electron chi connectivity index (χ3n) is 4.41. The quantitative estimate of drug-likeness (QED) is 0.716. The van der Waals surface area contributed by atoms with E-state index in [9.17, 15) is 5.26 Å². The lowest BCUT2D eigenvalue weighted by Gasteiger charge is -2.09. The van der Waals surface area contributed by atoms with E-state index < -0.39 is 0 Å². The fourth-order valence-electron chi connectivity index (χ4n) is 2.78. The summed E-state index contributed by atoms with van der Waals surface area (Å²) in [7, 11) is 1.83. The Hall–Kier alpha value is -3.31. The van der Waals surface area contributed by atoms with Gasteiger partial charge in [-0.1, -0.05) is 0 Å². The number of nitriles is 1. The molecular formula is C19H19N7O. The van der Waals surface area contributed by atoms with Gasteiger partial charge in [0.05, 0.1) is 11.3 Å². The topological polar surface area (TPSA) is 116 Å². The van der Waals surface area contributed by atoms with Crippen molar-refractivity contribution in [2.45, 2.75) is 25.2 Å². The Balaban J connectivity index is 1.69. The molecule has 3 aromatic heterocycles. The first-order valence-electron chi connectivity index (χ1n) is 8.82. The van der Waals surface area contributed by atoms with Gasteiger partial charge in [0.2, 0.25) is 11.8 Å². The number of ether oxygens (including phenoxy) is 1. The highest BCUT2D eigenvalue weighted by Crippen LogP contribution is 2.41. The average Bonchev–Trinajstić information content (AvgIpc) is 3.47. The second kappa shape index (κ2) is 7.13. The van der Waals surface area contributed by atoms with Crippen molar-refractivity contribution < 1.29 is 4.74 Å². The van der Waals surface area contributed by atoms with Crippen LogP contribution >= 0.6 is 0 Å². The summed E-state index contributed by atoms with van der Waals surface area (Å²) in [5.41, 5.74) is 8.43. The fourth-order valence-corrected chi connectivity index (χ4v) is 2.78. The number of nitrogens with zero attached hydrogens (tertiary/aromatic N) is 6. The fraction of sp³-hybridized carbons (Fsp3) is 0.316. The van der Waals surface area contributed by atoms with E-state index in [2.05, 4.69) is 20.1 Å². The average molecular weight is 361 g/mol. The summed E-state index contributed by atoms with van der Waals surface area (Å²) in [4.78, 5) is 13.1. The van der Waals surface area contributed by atoms with Crippen LogP contribution in [0.1, 0.15) is 35.7 Å². The van der Waals surface area contributed by atoms with Gasteiger partial charge in [-0.15, -0.1) is 0 Å². The van der Waals surface area contributed by atoms with E-state index in [1.807, 2.05) is 19.2 Å². The zero-order valence-electron chi connectivity index (χ0n) is 15.0. The van der Waals surface area contributed by atoms with Gasteiger partial charge in [0.15, 0.2) is 5.82 Å². The van der Waals surface area contributed by atoms with Gasteiger partial charge in [-0.3, -0.25) is 0 Å². The Morgan fingerprint density at radius 3 is 2.74 bits per heavy atom. The van der Waals surface area contributed by atoms with Crippen molar-refractivity contribution in [3.8, 4) is 29.2 Å². The number of hydrogen-bond donors (Lipinski definition) is 1. The molecule has 0 amide bonds. The molecule has 0 aromatic carbocycles. The smallest absolute Gasteiger partial charge is 0.233 e. The number of nitrogens with two attached hydrogens (primary N) is 1. The summed E-state index contributed by atoms with van der Waals surface area (Å²) < 4.78 is 7.70. The van der Waals surface area contributed by atoms with Gasteiger partial charge >= 0.3 is 0 Å². The highest BCUT2D eigenvalue weighted by molar-refractivity contribution is 5.62. The lowest BCUT2D eigenvalue weighted by molar-refractivity contribution is 0.416. The molecule has 0 atom stereocenters. The molecular weight excluding hydrogens is 342 g/mol. The first-order valence-corrected chi connectivity index (χ1v) is 8.82. The standard InChI is InChI=1S/C19H19N7O/c1-26-17(8-16(25-26)13-2-3-13)27-19-15(5-4-14(9-21)24-19)18-22-10-12(6-7-20)11-23-18/h4-5,8,10-11,13H,2-3,6-7,20H2,1H3. The maximum absolute atomic E-state index is 9.20. The molecule has 0 unspecified atom stereocenters. The number of aromatic nitrogens is 5. The number of hydrogen-bond acceptors (Lipinski definition) is 7. The molecule has 1 aliphatic carbocycles. The summed E-state index contributed by atoms with van der Waals surface area (Å²) in [6.45, 7) is 0.541. The van der Waals surface area contributed by atoms with E-state index in [-0.39, 0.29) is 11.6 Å². The SMILES string of the molecule is Cn1nc(C2CC2)cc1Oc1nc(C#N)ccc1-c1ncc(CCN)cn1. The molecule has 2 N–H and O–H groups in total. The maximum atomic E-state index is 9.20. The van der Waals surface area contributed by atoms with Crippen molar-refractivity contribution in [3.63, 3.8) is 0 Å². The van der Waals surface area contributed by atoms with Crippen LogP contribution in [0.3, 0.4) is 0 Å². The second-order valence-electron chi connectivity index (χ2n) is 6.52. The first-order chi connectivity index (χ1) is 13.2. The summed E-state index contributed by atoms with van der Waals surface area (Å²) in [6.07, 6.45) is 6.52. The number of pyridine rings is 1. The van der Waals surface area contributed by atoms with E-state index in [1.165, 1.54) is 0 Å². The van der Waals surface area contributed by atoms with Crippen LogP contribution in [0.5, 0.6) is 11.8 Å². The van der Waals surface area contributed by atoms with Crippen LogP contribution in [0, 0.1) is 11.3 Å². The van der Waals surface area contributed by atoms with E-state index >= 15 is 0 Å². The monoisotopic (exact) mass is 361 g/mol. The minimum absolute atomic E-state index is 0.262. The molecule has 1 fully saturated rings. The molecule has 0 saturated heterocycles. The Morgan fingerprint density at radius 1 is 1.30 bits per heavy atom. The number of rotatable bonds is 6. The van der Waals surface area contributed by atoms with Crippen molar-refractivity contribution >= 4 is 0 Å². The van der Waals surface area contributed by atoms with Crippen LogP contribution in [0.4, 0.5) is 0 Å². The van der Waals surface area contributed by atoms with Gasteiger partial charge in [-0.05, 0) is 43.5 Å². The van der Waals surface area contributed by atoms with Crippen molar-refractivity contribution in [3.05, 3.63) is 47.5 Å². The van der Waals surface area contributed by atoms with Crippen LogP contribution in [0.15, 0.2) is 30.6 Å². The van der Waals surface area contributed by atoms with Gasteiger partial charge < -0.3 is 10.5 Å². The van der Waals surface area contributed by atoms with Crippen LogP contribution in [-0.4, -0.2) is 31.3 Å². The largest absolute Gasteiger partial charge is 0.420 e. The molecule has 0 aliphatic heterocycles. The molecule has 27 heavy (non-hydrogen) atoms. The molecule has 8 heteroatoms. The van der Waals surface area contributed by atoms with Crippen LogP contribution in [0.2, 0.25) is 0 Å². The molecule has 3 aromatic rings. The molecule has 1 aliphatic rings. The van der Waals surface area contributed by atoms with Crippen molar-refractivity contribution in [2.75, 3.05) is 6.54 Å². The van der Waals surface area contributed by atoms with E-state index in [4.69, 9.17) is 10.5 Å². The van der Waals surface area contributed by atoms with Crippen LogP contribution in [0.25, 0.3) is 11.4 Å². The predicted molar refractivity (Wildman–Crippen MR) is 98.0 cm³/mol. The van der Waals surface area contributed by atoms with Crippen molar-refractivity contribution in [2.24, 2.45) is 12.8 Å². The molecule has 8 nitrogen and oxygen atoms in total. The maximum Gasteiger partial charge on any atom is 0.233 e. The van der Waals surface area contributed by atoms with E-state index in [0.29, 0.717) is 36.2 Å². The van der Waals surface area contributed by atoms with Gasteiger partial charge in [-0.2, -0.15) is 10.4 Å². The number of aryl methyl sites for hydroxylation is 1. The molecule has 1 saturated carbocycles. The third kappa shape index (κ3) is 3.64. The molecule has 0 bridgehead atoms. The third-order valence-corrected chi connectivity index (χ3v) is 4.41. The highest BCUT2D eigenvalue weighted by Gasteiger charge is 2.27. The molecule has 0 radical (unpaired) electrons. The van der Waals surface area contributed by atoms with Crippen molar-refractivity contribution in [1.82, 2.24) is 24.7 Å². The van der Waals surface area contributed by atoms with Gasteiger partial charge in [0, 0.05) is 31.4 Å². The van der Waals surface area contributed by atoms with Crippen LogP contribution in [-0.2, 0) is 13.5 Å². The van der Waals surface area contributed by atoms with E-state index in [0.717, 1.165) is 24.1 Å². The summed E-state index contributed by atoms with van der Waals surface area (Å²) in [6, 6.07) is 7.33. The minimum atomic E-state index is 0.262. The lowest BCUT2D eigenvalue weighted by Crippen LogP contribution is -2.04. The van der Waals surface area contributed by atoms with Crippen LogP contribution < -0.4 is 10.5 Å². The zero-order valence-corrected chi connectivity index (χ0v) is 15.0. The Morgan fingerprint density at radius 2 is 2.07 bits per heavy atom. The normalized spacial score (nSPS) is 13.4. The minimum Gasteiger partial charge on any atom is -0.420 e. The van der Waals surface area contributed by atoms with Gasteiger partial charge in [-0.25, -0.2) is 19.6 Å². The molecule has 3 heterocycles. The molecule has 0 spiro atoms. The van der Waals surface area contributed by atoms with Crippen molar-refractivity contribution in [1.29, 1.82) is 5.26 Å².